The smallest absolute Gasteiger partial charge is 0.341 e. The predicted octanol–water partition coefficient (Wildman–Crippen LogP) is 3.57. The van der Waals surface area contributed by atoms with E-state index >= 15 is 0 Å². The summed E-state index contributed by atoms with van der Waals surface area (Å²) < 4.78 is 15.6. The van der Waals surface area contributed by atoms with Gasteiger partial charge in [0, 0.05) is 4.88 Å². The topological polar surface area (TPSA) is 73.9 Å². The van der Waals surface area contributed by atoms with Crippen LogP contribution in [-0.2, 0) is 9.53 Å². The molecule has 0 aliphatic rings. The van der Waals surface area contributed by atoms with E-state index in [2.05, 4.69) is 5.32 Å². The maximum atomic E-state index is 12.1. The molecule has 0 saturated carbocycles. The highest BCUT2D eigenvalue weighted by Crippen LogP contribution is 2.32. The van der Waals surface area contributed by atoms with Gasteiger partial charge < -0.3 is 19.5 Å². The molecule has 0 spiro atoms. The molecule has 1 N–H and O–H groups in total. The molecule has 0 fully saturated rings. The first-order valence-corrected chi connectivity index (χ1v) is 8.61. The molecule has 1 heterocycles. The molecule has 0 saturated heterocycles. The van der Waals surface area contributed by atoms with E-state index in [1.807, 2.05) is 20.8 Å². The van der Waals surface area contributed by atoms with Crippen molar-refractivity contribution < 1.29 is 23.8 Å². The first-order valence-electron chi connectivity index (χ1n) is 7.80. The number of thiophene rings is 1. The van der Waals surface area contributed by atoms with Crippen LogP contribution in [0, 0.1) is 13.8 Å². The Kier molecular flexibility index (Phi) is 6.41. The van der Waals surface area contributed by atoms with Crippen LogP contribution in [0.3, 0.4) is 0 Å². The van der Waals surface area contributed by atoms with Crippen LogP contribution in [0.4, 0.5) is 5.00 Å². The SMILES string of the molecule is CCOc1ccc(OCC(=O)Nc2sc(C)c(C)c2C(=O)OC)cc1. The van der Waals surface area contributed by atoms with Crippen LogP contribution in [0.1, 0.15) is 27.7 Å². The molecule has 2 rings (SSSR count). The number of hydrogen-bond acceptors (Lipinski definition) is 6. The molecule has 0 aliphatic carbocycles. The first kappa shape index (κ1) is 18.8. The Morgan fingerprint density at radius 2 is 1.68 bits per heavy atom. The second-order valence-electron chi connectivity index (χ2n) is 5.22. The molecule has 1 aromatic carbocycles. The molecule has 2 aromatic rings. The van der Waals surface area contributed by atoms with Crippen molar-refractivity contribution in [2.75, 3.05) is 25.6 Å². The van der Waals surface area contributed by atoms with Gasteiger partial charge in [-0.25, -0.2) is 4.79 Å². The zero-order valence-electron chi connectivity index (χ0n) is 14.7. The lowest BCUT2D eigenvalue weighted by atomic mass is 10.1. The van der Waals surface area contributed by atoms with Crippen LogP contribution < -0.4 is 14.8 Å². The zero-order valence-corrected chi connectivity index (χ0v) is 15.5. The molecule has 0 radical (unpaired) electrons. The lowest BCUT2D eigenvalue weighted by Gasteiger charge is -2.09. The fourth-order valence-corrected chi connectivity index (χ4v) is 3.24. The Hall–Kier alpha value is -2.54. The fraction of sp³-hybridized carbons (Fsp3) is 0.333. The molecular weight excluding hydrogens is 342 g/mol. The van der Waals surface area contributed by atoms with Gasteiger partial charge in [0.2, 0.25) is 0 Å². The second kappa shape index (κ2) is 8.53. The number of carbonyl (C=O) groups excluding carboxylic acids is 2. The molecule has 25 heavy (non-hydrogen) atoms. The van der Waals surface area contributed by atoms with Gasteiger partial charge >= 0.3 is 5.97 Å². The van der Waals surface area contributed by atoms with Crippen LogP contribution in [-0.4, -0.2) is 32.2 Å². The first-order chi connectivity index (χ1) is 12.0. The standard InChI is InChI=1S/C18H21NO5S/c1-5-23-13-6-8-14(9-7-13)24-10-15(20)19-17-16(18(21)22-4)11(2)12(3)25-17/h6-9H,5,10H2,1-4H3,(H,19,20). The average Bonchev–Trinajstić information content (AvgIpc) is 2.88. The van der Waals surface area contributed by atoms with E-state index in [1.54, 1.807) is 24.3 Å². The van der Waals surface area contributed by atoms with Crippen molar-refractivity contribution >= 4 is 28.2 Å². The summed E-state index contributed by atoms with van der Waals surface area (Å²) in [7, 11) is 1.31. The van der Waals surface area contributed by atoms with Gasteiger partial charge in [-0.15, -0.1) is 11.3 Å². The number of hydrogen-bond donors (Lipinski definition) is 1. The van der Waals surface area contributed by atoms with Crippen LogP contribution in [0.5, 0.6) is 11.5 Å². The van der Waals surface area contributed by atoms with Gasteiger partial charge in [0.25, 0.3) is 5.91 Å². The number of ether oxygens (including phenoxy) is 3. The van der Waals surface area contributed by atoms with Gasteiger partial charge in [-0.1, -0.05) is 0 Å². The summed E-state index contributed by atoms with van der Waals surface area (Å²) >= 11 is 1.34. The van der Waals surface area contributed by atoms with E-state index < -0.39 is 5.97 Å². The maximum absolute atomic E-state index is 12.1. The van der Waals surface area contributed by atoms with Crippen molar-refractivity contribution in [2.24, 2.45) is 0 Å². The number of amides is 1. The highest BCUT2D eigenvalue weighted by Gasteiger charge is 2.21. The molecule has 134 valence electrons. The number of aryl methyl sites for hydroxylation is 1. The number of esters is 1. The Bertz CT molecular complexity index is 752. The summed E-state index contributed by atoms with van der Waals surface area (Å²) in [4.78, 5) is 25.0. The average molecular weight is 363 g/mol. The lowest BCUT2D eigenvalue weighted by molar-refractivity contribution is -0.118. The van der Waals surface area contributed by atoms with Crippen molar-refractivity contribution in [3.63, 3.8) is 0 Å². The quantitative estimate of drug-likeness (QED) is 0.761. The Morgan fingerprint density at radius 3 is 2.24 bits per heavy atom. The molecule has 0 aliphatic heterocycles. The molecule has 1 aromatic heterocycles. The van der Waals surface area contributed by atoms with E-state index in [9.17, 15) is 9.59 Å². The molecular formula is C18H21NO5S. The molecule has 7 heteroatoms. The highest BCUT2D eigenvalue weighted by atomic mass is 32.1. The second-order valence-corrected chi connectivity index (χ2v) is 6.44. The van der Waals surface area contributed by atoms with Gasteiger partial charge in [-0.05, 0) is 50.6 Å². The summed E-state index contributed by atoms with van der Waals surface area (Å²) in [6, 6.07) is 7.02. The predicted molar refractivity (Wildman–Crippen MR) is 96.9 cm³/mol. The minimum atomic E-state index is -0.468. The van der Waals surface area contributed by atoms with E-state index in [-0.39, 0.29) is 12.5 Å². The van der Waals surface area contributed by atoms with Gasteiger partial charge in [0.15, 0.2) is 6.61 Å². The summed E-state index contributed by atoms with van der Waals surface area (Å²) in [6.45, 7) is 6.05. The number of methoxy groups -OCH3 is 1. The Morgan fingerprint density at radius 1 is 1.08 bits per heavy atom. The fourth-order valence-electron chi connectivity index (χ4n) is 2.17. The monoisotopic (exact) mass is 363 g/mol. The van der Waals surface area contributed by atoms with Crippen molar-refractivity contribution in [1.29, 1.82) is 0 Å². The normalized spacial score (nSPS) is 10.2. The van der Waals surface area contributed by atoms with Crippen LogP contribution >= 0.6 is 11.3 Å². The zero-order chi connectivity index (χ0) is 18.4. The van der Waals surface area contributed by atoms with Crippen LogP contribution in [0.15, 0.2) is 24.3 Å². The number of nitrogens with one attached hydrogen (secondary N) is 1. The van der Waals surface area contributed by atoms with Gasteiger partial charge in [0.05, 0.1) is 19.3 Å². The third kappa shape index (κ3) is 4.73. The summed E-state index contributed by atoms with van der Waals surface area (Å²) in [6.07, 6.45) is 0. The summed E-state index contributed by atoms with van der Waals surface area (Å²) in [5.74, 6) is 0.488. The highest BCUT2D eigenvalue weighted by molar-refractivity contribution is 7.16. The Balaban J connectivity index is 1.98. The van der Waals surface area contributed by atoms with Crippen molar-refractivity contribution in [1.82, 2.24) is 0 Å². The lowest BCUT2D eigenvalue weighted by Crippen LogP contribution is -2.21. The number of anilines is 1. The van der Waals surface area contributed by atoms with E-state index in [0.29, 0.717) is 22.9 Å². The third-order valence-electron chi connectivity index (χ3n) is 3.53. The third-order valence-corrected chi connectivity index (χ3v) is 4.66. The minimum absolute atomic E-state index is 0.162. The number of carbonyl (C=O) groups is 2. The van der Waals surface area contributed by atoms with Crippen molar-refractivity contribution in [3.8, 4) is 11.5 Å². The molecule has 1 amide bonds. The van der Waals surface area contributed by atoms with E-state index in [4.69, 9.17) is 14.2 Å². The van der Waals surface area contributed by atoms with Gasteiger partial charge in [-0.3, -0.25) is 4.79 Å². The number of rotatable bonds is 7. The van der Waals surface area contributed by atoms with Gasteiger partial charge in [0.1, 0.15) is 16.5 Å². The molecule has 0 bridgehead atoms. The molecule has 6 nitrogen and oxygen atoms in total. The Labute approximate surface area is 150 Å². The van der Waals surface area contributed by atoms with Crippen LogP contribution in [0.2, 0.25) is 0 Å². The maximum Gasteiger partial charge on any atom is 0.341 e. The van der Waals surface area contributed by atoms with Crippen LogP contribution in [0.25, 0.3) is 0 Å². The largest absolute Gasteiger partial charge is 0.494 e. The minimum Gasteiger partial charge on any atom is -0.494 e. The molecule has 0 unspecified atom stereocenters. The van der Waals surface area contributed by atoms with E-state index in [1.165, 1.54) is 18.4 Å². The molecule has 0 atom stereocenters. The number of benzene rings is 1. The van der Waals surface area contributed by atoms with Crippen molar-refractivity contribution in [2.45, 2.75) is 20.8 Å². The summed E-state index contributed by atoms with van der Waals surface area (Å²) in [5.41, 5.74) is 1.19. The van der Waals surface area contributed by atoms with Crippen molar-refractivity contribution in [3.05, 3.63) is 40.3 Å². The summed E-state index contributed by atoms with van der Waals surface area (Å²) in [5, 5.41) is 3.19. The van der Waals surface area contributed by atoms with Gasteiger partial charge in [-0.2, -0.15) is 0 Å². The van der Waals surface area contributed by atoms with E-state index in [0.717, 1.165) is 16.2 Å².